The van der Waals surface area contributed by atoms with Gasteiger partial charge >= 0.3 is 12.0 Å². The highest BCUT2D eigenvalue weighted by molar-refractivity contribution is 6.04. The molecule has 1 atom stereocenters. The molecule has 0 fully saturated rings. The predicted molar refractivity (Wildman–Crippen MR) is 111 cm³/mol. The molecule has 1 unspecified atom stereocenters. The van der Waals surface area contributed by atoms with Crippen molar-refractivity contribution in [2.24, 2.45) is 0 Å². The molecule has 6 heteroatoms. The van der Waals surface area contributed by atoms with E-state index in [4.69, 9.17) is 9.47 Å². The van der Waals surface area contributed by atoms with Crippen LogP contribution < -0.4 is 15.4 Å². The van der Waals surface area contributed by atoms with E-state index >= 15 is 0 Å². The van der Waals surface area contributed by atoms with E-state index in [-0.39, 0.29) is 12.1 Å². The van der Waals surface area contributed by atoms with E-state index in [2.05, 4.69) is 10.6 Å². The molecular formula is C23H26N2O4. The van der Waals surface area contributed by atoms with Gasteiger partial charge in [-0.05, 0) is 43.5 Å². The molecule has 2 N–H and O–H groups in total. The summed E-state index contributed by atoms with van der Waals surface area (Å²) in [7, 11) is 0. The number of rotatable bonds is 7. The SMILES string of the molecule is CCCOc1ccc(C2NC(=O)NC(c3ccccc3)=C2C(=O)OC(C)C)cc1. The second-order valence-electron chi connectivity index (χ2n) is 7.06. The Kier molecular flexibility index (Phi) is 6.54. The lowest BCUT2D eigenvalue weighted by Crippen LogP contribution is -2.45. The van der Waals surface area contributed by atoms with Crippen molar-refractivity contribution in [2.75, 3.05) is 6.61 Å². The van der Waals surface area contributed by atoms with Crippen LogP contribution in [0.25, 0.3) is 5.70 Å². The van der Waals surface area contributed by atoms with Gasteiger partial charge in [-0.2, -0.15) is 0 Å². The average Bonchev–Trinajstić information content (AvgIpc) is 2.72. The Morgan fingerprint density at radius 3 is 2.38 bits per heavy atom. The van der Waals surface area contributed by atoms with Crippen molar-refractivity contribution in [3.63, 3.8) is 0 Å². The van der Waals surface area contributed by atoms with Gasteiger partial charge < -0.3 is 20.1 Å². The number of hydrogen-bond acceptors (Lipinski definition) is 4. The van der Waals surface area contributed by atoms with Gasteiger partial charge in [-0.3, -0.25) is 0 Å². The van der Waals surface area contributed by atoms with E-state index in [9.17, 15) is 9.59 Å². The standard InChI is InChI=1S/C23H26N2O4/c1-4-14-28-18-12-10-17(11-13-18)21-19(22(26)29-15(2)3)20(24-23(27)25-21)16-8-6-5-7-9-16/h5-13,15,21H,4,14H2,1-3H3,(H2,24,25,27). The zero-order chi connectivity index (χ0) is 20.8. The lowest BCUT2D eigenvalue weighted by Gasteiger charge is -2.30. The van der Waals surface area contributed by atoms with Crippen molar-refractivity contribution in [1.82, 2.24) is 10.6 Å². The van der Waals surface area contributed by atoms with Gasteiger partial charge in [-0.15, -0.1) is 0 Å². The summed E-state index contributed by atoms with van der Waals surface area (Å²) in [6.45, 7) is 6.27. The van der Waals surface area contributed by atoms with Crippen LogP contribution in [0.5, 0.6) is 5.75 Å². The van der Waals surface area contributed by atoms with Crippen molar-refractivity contribution in [2.45, 2.75) is 39.3 Å². The second-order valence-corrected chi connectivity index (χ2v) is 7.06. The van der Waals surface area contributed by atoms with Crippen molar-refractivity contribution in [3.05, 3.63) is 71.3 Å². The van der Waals surface area contributed by atoms with Gasteiger partial charge in [0, 0.05) is 0 Å². The summed E-state index contributed by atoms with van der Waals surface area (Å²) in [6.07, 6.45) is 0.635. The fourth-order valence-corrected chi connectivity index (χ4v) is 3.12. The van der Waals surface area contributed by atoms with Crippen LogP contribution in [-0.4, -0.2) is 24.7 Å². The molecule has 0 aromatic heterocycles. The summed E-state index contributed by atoms with van der Waals surface area (Å²) in [5, 5.41) is 5.63. The van der Waals surface area contributed by atoms with Crippen LogP contribution in [0.1, 0.15) is 44.4 Å². The topological polar surface area (TPSA) is 76.7 Å². The Balaban J connectivity index is 2.05. The van der Waals surface area contributed by atoms with E-state index in [0.29, 0.717) is 17.9 Å². The number of carbonyl (C=O) groups is 2. The van der Waals surface area contributed by atoms with Gasteiger partial charge in [-0.1, -0.05) is 49.4 Å². The van der Waals surface area contributed by atoms with Crippen LogP contribution in [0.3, 0.4) is 0 Å². The lowest BCUT2D eigenvalue weighted by atomic mass is 9.92. The fraction of sp³-hybridized carbons (Fsp3) is 0.304. The van der Waals surface area contributed by atoms with E-state index in [0.717, 1.165) is 23.3 Å². The summed E-state index contributed by atoms with van der Waals surface area (Å²) in [4.78, 5) is 25.4. The maximum Gasteiger partial charge on any atom is 0.338 e. The zero-order valence-electron chi connectivity index (χ0n) is 16.9. The molecule has 1 heterocycles. The lowest BCUT2D eigenvalue weighted by molar-refractivity contribution is -0.143. The Bertz CT molecular complexity index is 889. The third-order valence-electron chi connectivity index (χ3n) is 4.38. The first kappa shape index (κ1) is 20.5. The number of esters is 1. The Morgan fingerprint density at radius 1 is 1.07 bits per heavy atom. The number of hydrogen-bond donors (Lipinski definition) is 2. The third kappa shape index (κ3) is 4.96. The monoisotopic (exact) mass is 394 g/mol. The van der Waals surface area contributed by atoms with Gasteiger partial charge in [0.1, 0.15) is 5.75 Å². The Hall–Kier alpha value is -3.28. The first-order chi connectivity index (χ1) is 14.0. The van der Waals surface area contributed by atoms with Crippen molar-refractivity contribution < 1.29 is 19.1 Å². The number of amides is 2. The second kappa shape index (κ2) is 9.28. The minimum Gasteiger partial charge on any atom is -0.494 e. The molecule has 0 radical (unpaired) electrons. The number of nitrogens with one attached hydrogen (secondary N) is 2. The molecule has 152 valence electrons. The molecule has 0 spiro atoms. The van der Waals surface area contributed by atoms with Crippen molar-refractivity contribution >= 4 is 17.7 Å². The highest BCUT2D eigenvalue weighted by Gasteiger charge is 2.34. The van der Waals surface area contributed by atoms with Crippen LogP contribution in [0.2, 0.25) is 0 Å². The first-order valence-electron chi connectivity index (χ1n) is 9.80. The van der Waals surface area contributed by atoms with Gasteiger partial charge in [0.05, 0.1) is 30.0 Å². The Morgan fingerprint density at radius 2 is 1.76 bits per heavy atom. The maximum atomic E-state index is 13.0. The number of urea groups is 1. The smallest absolute Gasteiger partial charge is 0.338 e. The minimum absolute atomic E-state index is 0.282. The van der Waals surface area contributed by atoms with E-state index in [1.807, 2.05) is 61.5 Å². The summed E-state index contributed by atoms with van der Waals surface area (Å²) in [5.41, 5.74) is 2.34. The molecule has 2 aromatic rings. The molecule has 0 saturated carbocycles. The number of carbonyl (C=O) groups excluding carboxylic acids is 2. The molecule has 2 amide bonds. The molecule has 0 aliphatic carbocycles. The summed E-state index contributed by atoms with van der Waals surface area (Å²) < 4.78 is 11.1. The minimum atomic E-state index is -0.634. The molecule has 3 rings (SSSR count). The van der Waals surface area contributed by atoms with E-state index in [1.54, 1.807) is 13.8 Å². The quantitative estimate of drug-likeness (QED) is 0.691. The third-order valence-corrected chi connectivity index (χ3v) is 4.38. The highest BCUT2D eigenvalue weighted by atomic mass is 16.5. The predicted octanol–water partition coefficient (Wildman–Crippen LogP) is 4.19. The van der Waals surface area contributed by atoms with Gasteiger partial charge in [0.2, 0.25) is 0 Å². The molecule has 1 aliphatic rings. The van der Waals surface area contributed by atoms with Crippen molar-refractivity contribution in [3.8, 4) is 5.75 Å². The van der Waals surface area contributed by atoms with Crippen LogP contribution in [-0.2, 0) is 9.53 Å². The fourth-order valence-electron chi connectivity index (χ4n) is 3.12. The van der Waals surface area contributed by atoms with Crippen LogP contribution in [0.4, 0.5) is 4.79 Å². The molecule has 2 aromatic carbocycles. The molecule has 1 aliphatic heterocycles. The molecule has 0 bridgehead atoms. The van der Waals surface area contributed by atoms with Crippen molar-refractivity contribution in [1.29, 1.82) is 0 Å². The maximum absolute atomic E-state index is 13.0. The van der Waals surface area contributed by atoms with Crippen LogP contribution in [0.15, 0.2) is 60.2 Å². The summed E-state index contributed by atoms with van der Waals surface area (Å²) >= 11 is 0. The number of benzene rings is 2. The van der Waals surface area contributed by atoms with Gasteiger partial charge in [-0.25, -0.2) is 9.59 Å². The van der Waals surface area contributed by atoms with Crippen LogP contribution >= 0.6 is 0 Å². The summed E-state index contributed by atoms with van der Waals surface area (Å²) in [6, 6.07) is 15.7. The normalized spacial score (nSPS) is 16.3. The molecule has 0 saturated heterocycles. The highest BCUT2D eigenvalue weighted by Crippen LogP contribution is 2.33. The summed E-state index contributed by atoms with van der Waals surface area (Å²) in [5.74, 6) is 0.275. The van der Waals surface area contributed by atoms with E-state index < -0.39 is 12.0 Å². The first-order valence-corrected chi connectivity index (χ1v) is 9.80. The van der Waals surface area contributed by atoms with E-state index in [1.165, 1.54) is 0 Å². The largest absolute Gasteiger partial charge is 0.494 e. The van der Waals surface area contributed by atoms with Crippen LogP contribution in [0, 0.1) is 0 Å². The van der Waals surface area contributed by atoms with Gasteiger partial charge in [0.25, 0.3) is 0 Å². The average molecular weight is 394 g/mol. The molecular weight excluding hydrogens is 368 g/mol. The zero-order valence-corrected chi connectivity index (χ0v) is 16.9. The van der Waals surface area contributed by atoms with Gasteiger partial charge in [0.15, 0.2) is 0 Å². The number of ether oxygens (including phenoxy) is 2. The Labute approximate surface area is 170 Å². The molecule has 6 nitrogen and oxygen atoms in total. The molecule has 29 heavy (non-hydrogen) atoms.